The van der Waals surface area contributed by atoms with Gasteiger partial charge in [-0.05, 0) is 79.6 Å². The van der Waals surface area contributed by atoms with Crippen molar-refractivity contribution in [2.75, 3.05) is 7.11 Å². The summed E-state index contributed by atoms with van der Waals surface area (Å²) in [5.41, 5.74) is -0.836. The molecule has 8 nitrogen and oxygen atoms in total. The van der Waals surface area contributed by atoms with Gasteiger partial charge in [-0.25, -0.2) is 4.79 Å². The number of carbonyl (C=O) groups is 4. The summed E-state index contributed by atoms with van der Waals surface area (Å²) in [6.07, 6.45) is 30.7. The van der Waals surface area contributed by atoms with Crippen molar-refractivity contribution >= 4 is 23.8 Å². The summed E-state index contributed by atoms with van der Waals surface area (Å²) in [5, 5.41) is 2.58. The van der Waals surface area contributed by atoms with Gasteiger partial charge in [0.05, 0.1) is 7.11 Å². The third-order valence-corrected chi connectivity index (χ3v) is 5.75. The lowest BCUT2D eigenvalue weighted by molar-refractivity contribution is -0.177. The van der Waals surface area contributed by atoms with Crippen LogP contribution in [0.4, 0.5) is 0 Å². The number of amides is 1. The van der Waals surface area contributed by atoms with Gasteiger partial charge in [0, 0.05) is 6.42 Å². The number of allylic oxidation sites excluding steroid dienone is 12. The van der Waals surface area contributed by atoms with Gasteiger partial charge in [0.15, 0.2) is 5.92 Å². The average Bonchev–Trinajstić information content (AvgIpc) is 2.93. The van der Waals surface area contributed by atoms with Gasteiger partial charge in [0.25, 0.3) is 0 Å². The number of methoxy groups -OCH3 is 1. The maximum absolute atomic E-state index is 12.5. The number of rotatable bonds is 20. The highest BCUT2D eigenvalue weighted by molar-refractivity contribution is 5.96. The van der Waals surface area contributed by atoms with E-state index in [9.17, 15) is 19.2 Å². The normalized spacial score (nSPS) is 14.7. The minimum Gasteiger partial charge on any atom is -0.468 e. The minimum atomic E-state index is -1.44. The molecule has 0 aromatic rings. The minimum absolute atomic E-state index is 0.206. The van der Waals surface area contributed by atoms with Gasteiger partial charge in [0.2, 0.25) is 5.91 Å². The molecular formula is C35H53NO7. The molecule has 1 amide bonds. The third-order valence-electron chi connectivity index (χ3n) is 5.75. The van der Waals surface area contributed by atoms with Crippen LogP contribution in [0.1, 0.15) is 92.9 Å². The Morgan fingerprint density at radius 2 is 1.12 bits per heavy atom. The SMILES string of the molecule is CCC=CCC=CCC=CCC=CCC=CCC=CCCC(=O)N[C@@H](C)C(=O)O[C@H](C)[C@@H](C(=O)OC)C(=O)OC(C)(C)C. The van der Waals surface area contributed by atoms with Crippen LogP contribution in [-0.2, 0) is 33.4 Å². The van der Waals surface area contributed by atoms with E-state index in [0.717, 1.165) is 45.6 Å². The Labute approximate surface area is 259 Å². The Balaban J connectivity index is 4.28. The second kappa shape index (κ2) is 23.8. The Morgan fingerprint density at radius 1 is 0.674 bits per heavy atom. The van der Waals surface area contributed by atoms with E-state index in [0.29, 0.717) is 6.42 Å². The van der Waals surface area contributed by atoms with Crippen LogP contribution in [-0.4, -0.2) is 48.7 Å². The van der Waals surface area contributed by atoms with Gasteiger partial charge in [-0.1, -0.05) is 79.8 Å². The molecular weight excluding hydrogens is 546 g/mol. The van der Waals surface area contributed by atoms with Crippen LogP contribution in [0.3, 0.4) is 0 Å². The largest absolute Gasteiger partial charge is 0.468 e. The standard InChI is InChI=1S/C35H53NO7/c1-8-9-10-11-12-13-14-15-16-17-18-19-20-21-22-23-24-25-26-27-30(37)36-28(2)32(38)42-29(3)31(33(39)41-7)34(40)43-35(4,5)6/h9-10,12-13,15-16,18-19,21-22,24-25,28-29,31H,8,11,14,17,20,23,26-27H2,1-7H3,(H,36,37)/t28-,29+,31-/m0/s1. The van der Waals surface area contributed by atoms with Crippen molar-refractivity contribution in [3.8, 4) is 0 Å². The first-order chi connectivity index (χ1) is 20.4. The van der Waals surface area contributed by atoms with Crippen LogP contribution in [0.2, 0.25) is 0 Å². The first kappa shape index (κ1) is 39.3. The van der Waals surface area contributed by atoms with E-state index in [1.54, 1.807) is 20.8 Å². The summed E-state index contributed by atoms with van der Waals surface area (Å²) >= 11 is 0. The number of ether oxygens (including phenoxy) is 3. The number of hydrogen-bond acceptors (Lipinski definition) is 7. The quantitative estimate of drug-likeness (QED) is 0.0693. The van der Waals surface area contributed by atoms with E-state index in [4.69, 9.17) is 9.47 Å². The zero-order valence-electron chi connectivity index (χ0n) is 27.2. The summed E-state index contributed by atoms with van der Waals surface area (Å²) in [6, 6.07) is -0.961. The van der Waals surface area contributed by atoms with Crippen molar-refractivity contribution in [1.82, 2.24) is 5.32 Å². The van der Waals surface area contributed by atoms with E-state index in [-0.39, 0.29) is 12.3 Å². The fraction of sp³-hybridized carbons (Fsp3) is 0.543. The Hall–Kier alpha value is -3.68. The lowest BCUT2D eigenvalue weighted by atomic mass is 10.0. The van der Waals surface area contributed by atoms with Crippen molar-refractivity contribution < 1.29 is 33.4 Å². The highest BCUT2D eigenvalue weighted by atomic mass is 16.6. The van der Waals surface area contributed by atoms with Gasteiger partial charge < -0.3 is 19.5 Å². The number of esters is 3. The Kier molecular flexibility index (Phi) is 21.8. The number of nitrogens with one attached hydrogen (secondary N) is 1. The monoisotopic (exact) mass is 599 g/mol. The maximum atomic E-state index is 12.5. The van der Waals surface area contributed by atoms with Gasteiger partial charge in [0.1, 0.15) is 17.7 Å². The van der Waals surface area contributed by atoms with Crippen LogP contribution < -0.4 is 5.32 Å². The summed E-state index contributed by atoms with van der Waals surface area (Å²) in [4.78, 5) is 49.4. The van der Waals surface area contributed by atoms with Crippen LogP contribution in [0, 0.1) is 5.92 Å². The first-order valence-corrected chi connectivity index (χ1v) is 15.1. The Bertz CT molecular complexity index is 1010. The number of carbonyl (C=O) groups excluding carboxylic acids is 4. The zero-order valence-corrected chi connectivity index (χ0v) is 27.2. The van der Waals surface area contributed by atoms with E-state index in [1.165, 1.54) is 13.8 Å². The van der Waals surface area contributed by atoms with Crippen LogP contribution >= 0.6 is 0 Å². The van der Waals surface area contributed by atoms with E-state index < -0.39 is 41.6 Å². The van der Waals surface area contributed by atoms with Crippen LogP contribution in [0.15, 0.2) is 72.9 Å². The van der Waals surface area contributed by atoms with Crippen molar-refractivity contribution in [1.29, 1.82) is 0 Å². The fourth-order valence-electron chi connectivity index (χ4n) is 3.55. The molecule has 0 aliphatic rings. The average molecular weight is 600 g/mol. The smallest absolute Gasteiger partial charge is 0.328 e. The maximum Gasteiger partial charge on any atom is 0.328 e. The lowest BCUT2D eigenvalue weighted by Gasteiger charge is -2.26. The predicted octanol–water partition coefficient (Wildman–Crippen LogP) is 7.03. The van der Waals surface area contributed by atoms with Crippen molar-refractivity contribution in [2.45, 2.75) is 111 Å². The Morgan fingerprint density at radius 3 is 1.53 bits per heavy atom. The summed E-state index contributed by atoms with van der Waals surface area (Å²) < 4.78 is 15.2. The molecule has 0 spiro atoms. The molecule has 0 aliphatic carbocycles. The molecule has 0 aromatic carbocycles. The summed E-state index contributed by atoms with van der Waals surface area (Å²) in [7, 11) is 1.13. The highest BCUT2D eigenvalue weighted by Gasteiger charge is 2.39. The molecule has 0 heterocycles. The molecule has 0 saturated carbocycles. The second-order valence-electron chi connectivity index (χ2n) is 10.9. The van der Waals surface area contributed by atoms with E-state index >= 15 is 0 Å². The highest BCUT2D eigenvalue weighted by Crippen LogP contribution is 2.18. The molecule has 3 atom stereocenters. The third kappa shape index (κ3) is 21.7. The van der Waals surface area contributed by atoms with Crippen molar-refractivity contribution in [3.05, 3.63) is 72.9 Å². The molecule has 0 saturated heterocycles. The molecule has 1 N–H and O–H groups in total. The lowest BCUT2D eigenvalue weighted by Crippen LogP contribution is -2.45. The summed E-state index contributed by atoms with van der Waals surface area (Å²) in [5.74, 6) is -4.25. The number of hydrogen-bond donors (Lipinski definition) is 1. The molecule has 0 aromatic heterocycles. The predicted molar refractivity (Wildman–Crippen MR) is 172 cm³/mol. The van der Waals surface area contributed by atoms with Crippen LogP contribution in [0.5, 0.6) is 0 Å². The molecule has 0 unspecified atom stereocenters. The molecule has 240 valence electrons. The fourth-order valence-corrected chi connectivity index (χ4v) is 3.55. The van der Waals surface area contributed by atoms with Gasteiger partial charge >= 0.3 is 17.9 Å². The van der Waals surface area contributed by atoms with Crippen LogP contribution in [0.25, 0.3) is 0 Å². The van der Waals surface area contributed by atoms with E-state index in [2.05, 4.69) is 77.7 Å². The topological polar surface area (TPSA) is 108 Å². The zero-order chi connectivity index (χ0) is 32.5. The second-order valence-corrected chi connectivity index (χ2v) is 10.9. The molecule has 8 heteroatoms. The van der Waals surface area contributed by atoms with Crippen molar-refractivity contribution in [3.63, 3.8) is 0 Å². The van der Waals surface area contributed by atoms with Gasteiger partial charge in [-0.15, -0.1) is 0 Å². The molecule has 0 aliphatic heterocycles. The molecule has 43 heavy (non-hydrogen) atoms. The first-order valence-electron chi connectivity index (χ1n) is 15.1. The summed E-state index contributed by atoms with van der Waals surface area (Å²) in [6.45, 7) is 10.00. The molecule has 0 fully saturated rings. The van der Waals surface area contributed by atoms with Gasteiger partial charge in [-0.2, -0.15) is 0 Å². The van der Waals surface area contributed by atoms with Crippen molar-refractivity contribution in [2.24, 2.45) is 5.92 Å². The van der Waals surface area contributed by atoms with E-state index in [1.807, 2.05) is 12.2 Å². The molecule has 0 radical (unpaired) electrons. The molecule has 0 bridgehead atoms. The van der Waals surface area contributed by atoms with Gasteiger partial charge in [-0.3, -0.25) is 14.4 Å². The molecule has 0 rings (SSSR count).